The lowest BCUT2D eigenvalue weighted by Gasteiger charge is -2.22. The molecule has 7 rings (SSSR count). The molecule has 12 nitrogen and oxygen atoms in total. The summed E-state index contributed by atoms with van der Waals surface area (Å²) in [7, 11) is 4.70. The largest absolute Gasteiger partial charge is 0.493 e. The number of ether oxygens (including phenoxy) is 3. The number of nitrogens with one attached hydrogen (secondary N) is 3. The number of hydrogen-bond donors (Lipinski definition) is 3. The van der Waals surface area contributed by atoms with E-state index in [1.807, 2.05) is 48.8 Å². The second kappa shape index (κ2) is 13.5. The Hall–Kier alpha value is -5.66. The Bertz CT molecular complexity index is 2120. The molecule has 2 aliphatic heterocycles. The van der Waals surface area contributed by atoms with Gasteiger partial charge in [-0.1, -0.05) is 18.2 Å². The van der Waals surface area contributed by atoms with Crippen molar-refractivity contribution in [3.8, 4) is 11.5 Å². The number of rotatable bonds is 11. The Kier molecular flexibility index (Phi) is 8.76. The highest BCUT2D eigenvalue weighted by molar-refractivity contribution is 7.20. The number of methoxy groups -OCH3 is 2. The number of carbonyl (C=O) groups excluding carboxylic acids is 3. The van der Waals surface area contributed by atoms with Crippen LogP contribution in [0, 0.1) is 0 Å². The lowest BCUT2D eigenvalue weighted by atomic mass is 10.1. The summed E-state index contributed by atoms with van der Waals surface area (Å²) in [5.74, 6) is 0.221. The third-order valence-electron chi connectivity index (χ3n) is 8.46. The first kappa shape index (κ1) is 31.9. The summed E-state index contributed by atoms with van der Waals surface area (Å²) >= 11 is 1.34. The fourth-order valence-electron chi connectivity index (χ4n) is 6.07. The molecule has 0 saturated heterocycles. The fraction of sp³-hybridized carbons (Fsp3) is 0.222. The summed E-state index contributed by atoms with van der Waals surface area (Å²) in [5, 5.41) is 3.78. The molecule has 0 spiro atoms. The minimum atomic E-state index is -0.386. The van der Waals surface area contributed by atoms with Gasteiger partial charge in [-0.2, -0.15) is 0 Å². The zero-order valence-electron chi connectivity index (χ0n) is 27.1. The zero-order chi connectivity index (χ0) is 34.1. The molecule has 0 saturated carbocycles. The number of hydrogen-bond acceptors (Lipinski definition) is 10. The summed E-state index contributed by atoms with van der Waals surface area (Å²) < 4.78 is 19.1. The lowest BCUT2D eigenvalue weighted by Crippen LogP contribution is -2.37. The van der Waals surface area contributed by atoms with Crippen LogP contribution < -0.4 is 30.5 Å². The number of anilines is 3. The smallest absolute Gasteiger partial charge is 0.348 e. The molecule has 250 valence electrons. The van der Waals surface area contributed by atoms with Crippen molar-refractivity contribution in [3.63, 3.8) is 0 Å². The van der Waals surface area contributed by atoms with E-state index in [-0.39, 0.29) is 23.8 Å². The first-order valence-corrected chi connectivity index (χ1v) is 16.5. The van der Waals surface area contributed by atoms with Gasteiger partial charge in [-0.05, 0) is 59.8 Å². The van der Waals surface area contributed by atoms with Crippen LogP contribution in [-0.4, -0.2) is 62.0 Å². The number of thiophene rings is 1. The van der Waals surface area contributed by atoms with Crippen LogP contribution in [0.2, 0.25) is 0 Å². The van der Waals surface area contributed by atoms with Gasteiger partial charge in [-0.25, -0.2) is 10.2 Å². The van der Waals surface area contributed by atoms with Crippen LogP contribution in [-0.2, 0) is 18.2 Å². The highest BCUT2D eigenvalue weighted by Gasteiger charge is 2.36. The van der Waals surface area contributed by atoms with E-state index in [0.29, 0.717) is 58.6 Å². The maximum atomic E-state index is 13.6. The summed E-state index contributed by atoms with van der Waals surface area (Å²) in [6.45, 7) is 0.965. The molecule has 3 aromatic carbocycles. The summed E-state index contributed by atoms with van der Waals surface area (Å²) in [6, 6.07) is 20.3. The van der Waals surface area contributed by atoms with Crippen molar-refractivity contribution in [3.05, 3.63) is 94.6 Å². The molecule has 4 heterocycles. The number of aliphatic imine (C=N–C) groups is 1. The van der Waals surface area contributed by atoms with Gasteiger partial charge in [-0.3, -0.25) is 19.5 Å². The van der Waals surface area contributed by atoms with Crippen molar-refractivity contribution < 1.29 is 28.6 Å². The van der Waals surface area contributed by atoms with Crippen LogP contribution in [0.25, 0.3) is 10.1 Å². The molecule has 49 heavy (non-hydrogen) atoms. The van der Waals surface area contributed by atoms with E-state index in [0.717, 1.165) is 33.4 Å². The first-order valence-electron chi connectivity index (χ1n) is 15.7. The van der Waals surface area contributed by atoms with Gasteiger partial charge >= 0.3 is 5.97 Å². The molecule has 0 fully saturated rings. The quantitative estimate of drug-likeness (QED) is 0.0885. The number of nitrogens with zero attached hydrogens (tertiary/aromatic N) is 3. The van der Waals surface area contributed by atoms with Crippen LogP contribution in [0.15, 0.2) is 77.9 Å². The van der Waals surface area contributed by atoms with Gasteiger partial charge < -0.3 is 29.5 Å². The average molecular weight is 679 g/mol. The van der Waals surface area contributed by atoms with Gasteiger partial charge in [0.25, 0.3) is 11.8 Å². The highest BCUT2D eigenvalue weighted by atomic mass is 32.1. The normalized spacial score (nSPS) is 14.6. The van der Waals surface area contributed by atoms with Crippen LogP contribution in [0.3, 0.4) is 0 Å². The van der Waals surface area contributed by atoms with Gasteiger partial charge in [-0.15, -0.1) is 11.3 Å². The van der Waals surface area contributed by atoms with Crippen molar-refractivity contribution in [2.24, 2.45) is 12.0 Å². The average Bonchev–Trinajstić information content (AvgIpc) is 3.80. The topological polar surface area (TPSA) is 136 Å². The third kappa shape index (κ3) is 6.33. The van der Waals surface area contributed by atoms with E-state index in [1.54, 1.807) is 54.0 Å². The van der Waals surface area contributed by atoms with Crippen molar-refractivity contribution in [2.45, 2.75) is 18.9 Å². The molecule has 13 heteroatoms. The second-order valence-corrected chi connectivity index (χ2v) is 12.7. The summed E-state index contributed by atoms with van der Waals surface area (Å²) in [6.07, 6.45) is 5.04. The van der Waals surface area contributed by atoms with E-state index in [1.165, 1.54) is 18.4 Å². The van der Waals surface area contributed by atoms with E-state index >= 15 is 0 Å². The molecular weight excluding hydrogens is 644 g/mol. The van der Waals surface area contributed by atoms with Gasteiger partial charge in [0.05, 0.1) is 43.8 Å². The zero-order valence-corrected chi connectivity index (χ0v) is 27.9. The Labute approximate surface area is 286 Å². The van der Waals surface area contributed by atoms with Crippen LogP contribution >= 0.6 is 11.3 Å². The number of esters is 1. The number of amides is 2. The molecule has 0 radical (unpaired) electrons. The standard InChI is InChI=1S/C36H34N6O6S/c1-41-20-24(16-29(41)34(43)39-23-9-10-32-22(13-23)15-33(49-32)36(45)47-3)40-38-11-6-12-48-31-18-27-26(17-30(31)46-2)35(44)42-25(19-37-27)14-21-7-4-5-8-28(21)42/h4-5,7-10,13,15-20,25,38,40H,6,11-12,14H2,1-3H3,(H,39,43)/t25-/m0/s1. The van der Waals surface area contributed by atoms with Crippen LogP contribution in [0.1, 0.15) is 42.5 Å². The van der Waals surface area contributed by atoms with Gasteiger partial charge in [0.2, 0.25) is 0 Å². The fourth-order valence-corrected chi connectivity index (χ4v) is 7.03. The summed E-state index contributed by atoms with van der Waals surface area (Å²) in [5.41, 5.74) is 11.2. The van der Waals surface area contributed by atoms with E-state index in [2.05, 4.69) is 21.2 Å². The predicted octanol–water partition coefficient (Wildman–Crippen LogP) is 5.96. The Morgan fingerprint density at radius 2 is 1.88 bits per heavy atom. The molecule has 5 aromatic rings. The monoisotopic (exact) mass is 678 g/mol. The van der Waals surface area contributed by atoms with Crippen molar-refractivity contribution >= 4 is 68.2 Å². The molecule has 2 aromatic heterocycles. The Morgan fingerprint density at radius 1 is 1.02 bits per heavy atom. The molecular formula is C36H34N6O6S. The molecule has 3 N–H and O–H groups in total. The Balaban J connectivity index is 0.914. The maximum Gasteiger partial charge on any atom is 0.348 e. The molecule has 0 unspecified atom stereocenters. The highest BCUT2D eigenvalue weighted by Crippen LogP contribution is 2.41. The number of benzene rings is 3. The maximum absolute atomic E-state index is 13.6. The number of aryl methyl sites for hydroxylation is 1. The molecule has 2 amide bonds. The predicted molar refractivity (Wildman–Crippen MR) is 190 cm³/mol. The van der Waals surface area contributed by atoms with Crippen LogP contribution in [0.4, 0.5) is 22.7 Å². The number of para-hydroxylation sites is 1. The third-order valence-corrected chi connectivity index (χ3v) is 9.56. The summed E-state index contributed by atoms with van der Waals surface area (Å²) in [4.78, 5) is 45.5. The SMILES string of the molecule is COC(=O)c1cc2cc(NC(=O)c3cc(NNCCCOc4cc5c(cc4OC)C(=O)N4c6ccccc6C[C@H]4C=N5)cn3C)ccc2s1. The molecule has 0 bridgehead atoms. The van der Waals surface area contributed by atoms with Crippen molar-refractivity contribution in [1.29, 1.82) is 0 Å². The number of aromatic nitrogens is 1. The van der Waals surface area contributed by atoms with E-state index in [9.17, 15) is 14.4 Å². The minimum absolute atomic E-state index is 0.112. The lowest BCUT2D eigenvalue weighted by molar-refractivity contribution is 0.0606. The van der Waals surface area contributed by atoms with Gasteiger partial charge in [0.1, 0.15) is 10.6 Å². The van der Waals surface area contributed by atoms with Crippen molar-refractivity contribution in [1.82, 2.24) is 9.99 Å². The first-order chi connectivity index (χ1) is 23.8. The number of hydrazine groups is 1. The second-order valence-electron chi connectivity index (χ2n) is 11.7. The Morgan fingerprint density at radius 3 is 2.71 bits per heavy atom. The molecule has 1 atom stereocenters. The van der Waals surface area contributed by atoms with Gasteiger partial charge in [0, 0.05) is 54.6 Å². The van der Waals surface area contributed by atoms with E-state index < -0.39 is 0 Å². The van der Waals surface area contributed by atoms with Crippen molar-refractivity contribution in [2.75, 3.05) is 43.0 Å². The minimum Gasteiger partial charge on any atom is -0.493 e. The number of carbonyl (C=O) groups is 3. The molecule has 2 aliphatic rings. The molecule has 0 aliphatic carbocycles. The van der Waals surface area contributed by atoms with Crippen LogP contribution in [0.5, 0.6) is 11.5 Å². The van der Waals surface area contributed by atoms with E-state index in [4.69, 9.17) is 14.2 Å². The van der Waals surface area contributed by atoms with Gasteiger partial charge in [0.15, 0.2) is 11.5 Å². The number of fused-ring (bicyclic) bond motifs is 5.